The van der Waals surface area contributed by atoms with Crippen LogP contribution in [-0.2, 0) is 70.4 Å². The van der Waals surface area contributed by atoms with Crippen LogP contribution in [0.25, 0.3) is 0 Å². The molecular formula is C10H12Cl2Fe3N2O8. The van der Waals surface area contributed by atoms with Crippen molar-refractivity contribution in [2.45, 2.75) is 0 Å². The van der Waals surface area contributed by atoms with Gasteiger partial charge in [0.15, 0.2) is 0 Å². The fourth-order valence-electron chi connectivity index (χ4n) is 1.44. The van der Waals surface area contributed by atoms with Gasteiger partial charge in [0.05, 0.1) is 23.9 Å². The van der Waals surface area contributed by atoms with Crippen LogP contribution in [0.3, 0.4) is 0 Å². The number of hydrogen-bond donors (Lipinski definition) is 0. The van der Waals surface area contributed by atoms with Gasteiger partial charge in [-0.3, -0.25) is 9.80 Å². The second-order valence-corrected chi connectivity index (χ2v) is 3.91. The first-order chi connectivity index (χ1) is 9.20. The quantitative estimate of drug-likeness (QED) is 0.236. The van der Waals surface area contributed by atoms with Crippen LogP contribution in [0, 0.1) is 0 Å². The van der Waals surface area contributed by atoms with Crippen molar-refractivity contribution in [3.8, 4) is 0 Å². The molecule has 0 atom stereocenters. The van der Waals surface area contributed by atoms with Gasteiger partial charge >= 0.3 is 51.2 Å². The Balaban J connectivity index is -0.000000180. The zero-order chi connectivity index (χ0) is 15.7. The van der Waals surface area contributed by atoms with Gasteiger partial charge in [-0.2, -0.15) is 0 Å². The Morgan fingerprint density at radius 2 is 0.680 bits per heavy atom. The van der Waals surface area contributed by atoms with Gasteiger partial charge in [0.2, 0.25) is 0 Å². The number of carboxylic acid groups (broad SMARTS) is 4. The Morgan fingerprint density at radius 1 is 0.520 bits per heavy atom. The molecule has 10 nitrogen and oxygen atoms in total. The molecule has 0 spiro atoms. The number of nitrogens with zero attached hydrogens (tertiary/aromatic N) is 2. The Hall–Kier alpha value is -0.0616. The standard InChI is InChI=1S/C10H16N2O8.2ClH.3Fe/c13-7(14)3-11(4-8(15)16)1-2-12(5-9(17)18)6-10(19)20;;;;;/h1-6H2,(H,13,14)(H,15,16)(H,17,18)(H,19,20);2*1H;;;/q;;;3*+2/p-6. The molecule has 0 unspecified atom stereocenters. The SMILES string of the molecule is O=C([O-])CN(CCN(CC(=O)[O-])CC(=O)[O-])CC(=O)[O-].[Cl-].[Cl-].[Fe+2].[Fe+2].[Fe+2]. The Kier molecular flexibility index (Phi) is 35.0. The third kappa shape index (κ3) is 26.3. The zero-order valence-corrected chi connectivity index (χ0v) is 17.0. The molecule has 15 heteroatoms. The molecule has 0 N–H and O–H groups in total. The maximum Gasteiger partial charge on any atom is 2.00 e. The number of carbonyl (C=O) groups is 4. The first-order valence-electron chi connectivity index (χ1n) is 5.44. The minimum Gasteiger partial charge on any atom is -1.00 e. The molecule has 148 valence electrons. The smallest absolute Gasteiger partial charge is 1.00 e. The topological polar surface area (TPSA) is 167 Å². The molecule has 0 saturated carbocycles. The van der Waals surface area contributed by atoms with Crippen molar-refractivity contribution in [3.05, 3.63) is 0 Å². The van der Waals surface area contributed by atoms with Crippen molar-refractivity contribution in [2.24, 2.45) is 0 Å². The van der Waals surface area contributed by atoms with E-state index in [4.69, 9.17) is 0 Å². The van der Waals surface area contributed by atoms with Crippen LogP contribution in [0.15, 0.2) is 0 Å². The Morgan fingerprint density at radius 3 is 0.800 bits per heavy atom. The summed E-state index contributed by atoms with van der Waals surface area (Å²) in [6.45, 7) is -3.25. The van der Waals surface area contributed by atoms with Gasteiger partial charge in [-0.05, 0) is 0 Å². The van der Waals surface area contributed by atoms with Gasteiger partial charge in [-0.1, -0.05) is 0 Å². The van der Waals surface area contributed by atoms with E-state index in [1.54, 1.807) is 0 Å². The average molecular weight is 527 g/mol. The summed E-state index contributed by atoms with van der Waals surface area (Å²) in [5.74, 6) is -6.12. The van der Waals surface area contributed by atoms with Crippen molar-refractivity contribution in [3.63, 3.8) is 0 Å². The van der Waals surface area contributed by atoms with Gasteiger partial charge in [0.25, 0.3) is 0 Å². The monoisotopic (exact) mass is 526 g/mol. The van der Waals surface area contributed by atoms with Crippen LogP contribution < -0.4 is 45.2 Å². The fourth-order valence-corrected chi connectivity index (χ4v) is 1.44. The van der Waals surface area contributed by atoms with Crippen LogP contribution in [0.4, 0.5) is 0 Å². The van der Waals surface area contributed by atoms with Crippen LogP contribution >= 0.6 is 0 Å². The molecule has 0 rings (SSSR count). The summed E-state index contributed by atoms with van der Waals surface area (Å²) < 4.78 is 0. The molecule has 0 fully saturated rings. The van der Waals surface area contributed by atoms with Gasteiger partial charge in [-0.25, -0.2) is 0 Å². The summed E-state index contributed by atoms with van der Waals surface area (Å²) in [6, 6.07) is 0. The van der Waals surface area contributed by atoms with E-state index in [2.05, 4.69) is 0 Å². The molecule has 0 bridgehead atoms. The van der Waals surface area contributed by atoms with E-state index in [0.29, 0.717) is 0 Å². The number of halogens is 2. The molecule has 0 aromatic rings. The molecule has 0 radical (unpaired) electrons. The van der Waals surface area contributed by atoms with Gasteiger partial charge in [0.1, 0.15) is 0 Å². The third-order valence-corrected chi connectivity index (χ3v) is 2.14. The summed E-state index contributed by atoms with van der Waals surface area (Å²) in [5, 5.41) is 41.6. The van der Waals surface area contributed by atoms with E-state index >= 15 is 0 Å². The maximum atomic E-state index is 10.4. The van der Waals surface area contributed by atoms with Crippen molar-refractivity contribution in [2.75, 3.05) is 39.3 Å². The molecule has 0 aromatic heterocycles. The number of carboxylic acids is 4. The summed E-state index contributed by atoms with van der Waals surface area (Å²) in [5.41, 5.74) is 0. The summed E-state index contributed by atoms with van der Waals surface area (Å²) in [7, 11) is 0. The molecule has 0 aliphatic heterocycles. The predicted octanol–water partition coefficient (Wildman–Crippen LogP) is -13.4. The van der Waals surface area contributed by atoms with Crippen LogP contribution in [0.1, 0.15) is 0 Å². The summed E-state index contributed by atoms with van der Waals surface area (Å²) in [6.07, 6.45) is 0. The molecule has 25 heavy (non-hydrogen) atoms. The zero-order valence-electron chi connectivity index (χ0n) is 12.2. The van der Waals surface area contributed by atoms with E-state index < -0.39 is 50.1 Å². The van der Waals surface area contributed by atoms with E-state index in [0.717, 1.165) is 9.80 Å². The normalized spacial score (nSPS) is 8.56. The third-order valence-electron chi connectivity index (χ3n) is 2.14. The molecule has 0 aliphatic rings. The first-order valence-corrected chi connectivity index (χ1v) is 5.44. The minimum absolute atomic E-state index is 0. The second kappa shape index (κ2) is 22.0. The second-order valence-electron chi connectivity index (χ2n) is 3.91. The van der Waals surface area contributed by atoms with Crippen molar-refractivity contribution in [1.29, 1.82) is 0 Å². The van der Waals surface area contributed by atoms with Crippen molar-refractivity contribution in [1.82, 2.24) is 9.80 Å². The molecule has 0 heterocycles. The number of aliphatic carboxylic acids is 4. The van der Waals surface area contributed by atoms with Crippen LogP contribution in [0.2, 0.25) is 0 Å². The molecule has 0 aliphatic carbocycles. The largest absolute Gasteiger partial charge is 2.00 e. The molecule has 0 aromatic carbocycles. The average Bonchev–Trinajstić information content (AvgIpc) is 2.22. The number of carbonyl (C=O) groups excluding carboxylic acids is 4. The molecule has 0 amide bonds. The van der Waals surface area contributed by atoms with Crippen LogP contribution in [-0.4, -0.2) is 72.9 Å². The van der Waals surface area contributed by atoms with E-state index in [1.165, 1.54) is 0 Å². The summed E-state index contributed by atoms with van der Waals surface area (Å²) in [4.78, 5) is 43.4. The Labute approximate surface area is 187 Å². The van der Waals surface area contributed by atoms with E-state index in [-0.39, 0.29) is 89.1 Å². The Bertz CT molecular complexity index is 338. The maximum absolute atomic E-state index is 10.4. The summed E-state index contributed by atoms with van der Waals surface area (Å²) >= 11 is 0. The van der Waals surface area contributed by atoms with Crippen molar-refractivity contribution >= 4 is 23.9 Å². The van der Waals surface area contributed by atoms with Crippen LogP contribution in [0.5, 0.6) is 0 Å². The van der Waals surface area contributed by atoms with E-state index in [9.17, 15) is 39.6 Å². The van der Waals surface area contributed by atoms with Gasteiger partial charge in [0, 0.05) is 39.3 Å². The van der Waals surface area contributed by atoms with E-state index in [1.807, 2.05) is 0 Å². The van der Waals surface area contributed by atoms with Gasteiger partial charge < -0.3 is 64.4 Å². The predicted molar refractivity (Wildman–Crippen MR) is 52.9 cm³/mol. The molecular weight excluding hydrogens is 515 g/mol. The number of rotatable bonds is 11. The first kappa shape index (κ1) is 39.8. The molecule has 0 saturated heterocycles. The minimum atomic E-state index is -1.53. The fraction of sp³-hybridized carbons (Fsp3) is 0.600. The van der Waals surface area contributed by atoms with Gasteiger partial charge in [-0.15, -0.1) is 0 Å². The van der Waals surface area contributed by atoms with Crippen molar-refractivity contribution < 1.29 is 116 Å². The number of hydrogen-bond acceptors (Lipinski definition) is 10.